The Morgan fingerprint density at radius 3 is 2.55 bits per heavy atom. The van der Waals surface area contributed by atoms with Crippen molar-refractivity contribution in [2.24, 2.45) is 11.3 Å². The van der Waals surface area contributed by atoms with Crippen molar-refractivity contribution < 1.29 is 14.7 Å². The largest absolute Gasteiger partial charge is 0.481 e. The molecule has 4 rings (SSSR count). The fourth-order valence-corrected chi connectivity index (χ4v) is 3.84. The highest BCUT2D eigenvalue weighted by atomic mass is 16.4. The molecular weight excluding hydrogens is 279 g/mol. The molecule has 1 aliphatic heterocycles. The minimum atomic E-state index is -0.807. The van der Waals surface area contributed by atoms with Crippen LogP contribution in [0.1, 0.15) is 30.9 Å². The maximum absolute atomic E-state index is 12.4. The molecule has 22 heavy (non-hydrogen) atoms. The van der Waals surface area contributed by atoms with Gasteiger partial charge in [-0.15, -0.1) is 0 Å². The summed E-state index contributed by atoms with van der Waals surface area (Å²) in [4.78, 5) is 25.2. The Balaban J connectivity index is 1.65. The van der Waals surface area contributed by atoms with Crippen LogP contribution in [-0.4, -0.2) is 41.9 Å². The van der Waals surface area contributed by atoms with Crippen LogP contribution in [0.15, 0.2) is 30.3 Å². The van der Waals surface area contributed by atoms with Crippen molar-refractivity contribution in [2.45, 2.75) is 37.4 Å². The van der Waals surface area contributed by atoms with Crippen LogP contribution in [0.3, 0.4) is 0 Å². The van der Waals surface area contributed by atoms with Gasteiger partial charge in [-0.05, 0) is 24.8 Å². The average molecular weight is 296 g/mol. The van der Waals surface area contributed by atoms with E-state index < -0.39 is 17.3 Å². The van der Waals surface area contributed by atoms with E-state index in [1.807, 2.05) is 30.3 Å². The standard InChI is InChI=1S/C16H17BN2O3/c17-19(11-8-10(11)14(20)21)13-12(9-4-2-1-3-5-9)18-15(22)16(13)6-7-16/h1-5,10-13H,6-8H2,(H,18,22)(H,20,21)/t10?,11?,12-,13-/m1/s1. The van der Waals surface area contributed by atoms with Gasteiger partial charge in [0.15, 0.2) is 7.98 Å². The first-order valence-corrected chi connectivity index (χ1v) is 7.66. The molecule has 112 valence electrons. The molecule has 1 spiro atoms. The lowest BCUT2D eigenvalue weighted by molar-refractivity contribution is -0.138. The molecule has 5 nitrogen and oxygen atoms in total. The van der Waals surface area contributed by atoms with Gasteiger partial charge in [0.05, 0.1) is 17.4 Å². The molecule has 1 amide bonds. The van der Waals surface area contributed by atoms with E-state index in [2.05, 4.69) is 5.32 Å². The SMILES string of the molecule is [B]N(C1CC1C(=O)O)[C@@H]1[C@@H](c2ccccc2)NC(=O)C12CC2. The van der Waals surface area contributed by atoms with Gasteiger partial charge in [0.1, 0.15) is 0 Å². The Morgan fingerprint density at radius 1 is 1.32 bits per heavy atom. The van der Waals surface area contributed by atoms with E-state index in [0.717, 1.165) is 18.4 Å². The predicted molar refractivity (Wildman–Crippen MR) is 79.9 cm³/mol. The number of hydrogen-bond donors (Lipinski definition) is 2. The first-order chi connectivity index (χ1) is 10.5. The summed E-state index contributed by atoms with van der Waals surface area (Å²) in [5, 5.41) is 12.2. The van der Waals surface area contributed by atoms with Gasteiger partial charge in [0.2, 0.25) is 5.91 Å². The highest BCUT2D eigenvalue weighted by Gasteiger charge is 2.66. The van der Waals surface area contributed by atoms with Gasteiger partial charge in [-0.1, -0.05) is 30.3 Å². The Morgan fingerprint density at radius 2 is 2.00 bits per heavy atom. The van der Waals surface area contributed by atoms with Crippen molar-refractivity contribution >= 4 is 19.9 Å². The zero-order valence-electron chi connectivity index (χ0n) is 12.1. The summed E-state index contributed by atoms with van der Waals surface area (Å²) >= 11 is 0. The van der Waals surface area contributed by atoms with Crippen LogP contribution in [0.5, 0.6) is 0 Å². The quantitative estimate of drug-likeness (QED) is 0.809. The smallest absolute Gasteiger partial charge is 0.308 e. The third-order valence-electron chi connectivity index (χ3n) is 5.35. The van der Waals surface area contributed by atoms with E-state index >= 15 is 0 Å². The maximum Gasteiger partial charge on any atom is 0.308 e. The second-order valence-electron chi connectivity index (χ2n) is 6.66. The number of nitrogens with zero attached hydrogens (tertiary/aromatic N) is 1. The molecule has 0 bridgehead atoms. The lowest BCUT2D eigenvalue weighted by Crippen LogP contribution is -2.44. The third-order valence-corrected chi connectivity index (χ3v) is 5.35. The van der Waals surface area contributed by atoms with Crippen molar-refractivity contribution in [3.05, 3.63) is 35.9 Å². The summed E-state index contributed by atoms with van der Waals surface area (Å²) < 4.78 is 0. The van der Waals surface area contributed by atoms with E-state index in [-0.39, 0.29) is 24.0 Å². The fraction of sp³-hybridized carbons (Fsp3) is 0.500. The lowest BCUT2D eigenvalue weighted by Gasteiger charge is -2.33. The van der Waals surface area contributed by atoms with Crippen LogP contribution in [-0.2, 0) is 9.59 Å². The number of nitrogens with one attached hydrogen (secondary N) is 1. The average Bonchev–Trinajstić information content (AvgIpc) is 3.39. The van der Waals surface area contributed by atoms with E-state index in [1.54, 1.807) is 4.81 Å². The third kappa shape index (κ3) is 1.90. The number of carboxylic acid groups (broad SMARTS) is 1. The number of carboxylic acids is 1. The van der Waals surface area contributed by atoms with Crippen molar-refractivity contribution in [2.75, 3.05) is 0 Å². The number of amides is 1. The highest BCUT2D eigenvalue weighted by Crippen LogP contribution is 2.59. The van der Waals surface area contributed by atoms with E-state index in [1.165, 1.54) is 0 Å². The molecule has 1 saturated heterocycles. The second-order valence-corrected chi connectivity index (χ2v) is 6.66. The van der Waals surface area contributed by atoms with Crippen molar-refractivity contribution in [3.8, 4) is 0 Å². The summed E-state index contributed by atoms with van der Waals surface area (Å²) in [5.74, 6) is -1.17. The Labute approximate surface area is 130 Å². The molecule has 1 heterocycles. The number of hydrogen-bond acceptors (Lipinski definition) is 3. The first-order valence-electron chi connectivity index (χ1n) is 7.66. The Kier molecular flexibility index (Phi) is 2.88. The number of carbonyl (C=O) groups is 2. The van der Waals surface area contributed by atoms with Gasteiger partial charge in [-0.2, -0.15) is 0 Å². The molecule has 4 atom stereocenters. The van der Waals surface area contributed by atoms with Gasteiger partial charge in [-0.3, -0.25) is 9.59 Å². The predicted octanol–water partition coefficient (Wildman–Crippen LogP) is 0.865. The zero-order chi connectivity index (χ0) is 15.5. The van der Waals surface area contributed by atoms with Crippen molar-refractivity contribution in [1.82, 2.24) is 10.1 Å². The van der Waals surface area contributed by atoms with Crippen LogP contribution in [0.2, 0.25) is 0 Å². The number of aliphatic carboxylic acids is 1. The summed E-state index contributed by atoms with van der Waals surface area (Å²) in [5.41, 5.74) is 0.591. The molecule has 1 aromatic rings. The summed E-state index contributed by atoms with van der Waals surface area (Å²) in [6, 6.07) is 9.27. The molecule has 3 aliphatic rings. The molecule has 3 fully saturated rings. The van der Waals surface area contributed by atoms with Gasteiger partial charge in [0.25, 0.3) is 0 Å². The molecule has 2 radical (unpaired) electrons. The molecule has 2 unspecified atom stereocenters. The summed E-state index contributed by atoms with van der Waals surface area (Å²) in [7, 11) is 6.30. The Bertz CT molecular complexity index is 632. The molecule has 2 saturated carbocycles. The summed E-state index contributed by atoms with van der Waals surface area (Å²) in [6.45, 7) is 0. The number of benzene rings is 1. The van der Waals surface area contributed by atoms with Gasteiger partial charge in [0, 0.05) is 12.1 Å². The first kappa shape index (κ1) is 13.8. The van der Waals surface area contributed by atoms with Crippen molar-refractivity contribution in [3.63, 3.8) is 0 Å². The maximum atomic E-state index is 12.4. The van der Waals surface area contributed by atoms with E-state index in [0.29, 0.717) is 6.42 Å². The molecule has 2 aliphatic carbocycles. The molecular formula is C16H17BN2O3. The van der Waals surface area contributed by atoms with E-state index in [9.17, 15) is 9.59 Å². The highest BCUT2D eigenvalue weighted by molar-refractivity contribution is 6.06. The van der Waals surface area contributed by atoms with Crippen LogP contribution in [0.4, 0.5) is 0 Å². The monoisotopic (exact) mass is 296 g/mol. The van der Waals surface area contributed by atoms with Gasteiger partial charge >= 0.3 is 5.97 Å². The van der Waals surface area contributed by atoms with Crippen LogP contribution in [0, 0.1) is 11.3 Å². The number of carbonyl (C=O) groups excluding carboxylic acids is 1. The van der Waals surface area contributed by atoms with E-state index in [4.69, 9.17) is 13.1 Å². The van der Waals surface area contributed by atoms with Gasteiger partial charge in [-0.25, -0.2) is 0 Å². The molecule has 0 aromatic heterocycles. The zero-order valence-corrected chi connectivity index (χ0v) is 12.1. The molecule has 6 heteroatoms. The lowest BCUT2D eigenvalue weighted by atomic mass is 9.87. The normalized spacial score (nSPS) is 34.7. The van der Waals surface area contributed by atoms with Crippen LogP contribution >= 0.6 is 0 Å². The second kappa shape index (κ2) is 4.59. The molecule has 2 N–H and O–H groups in total. The van der Waals surface area contributed by atoms with Gasteiger partial charge < -0.3 is 15.2 Å². The van der Waals surface area contributed by atoms with Crippen molar-refractivity contribution in [1.29, 1.82) is 0 Å². The number of rotatable bonds is 4. The summed E-state index contributed by atoms with van der Waals surface area (Å²) in [6.07, 6.45) is 2.21. The topological polar surface area (TPSA) is 69.6 Å². The van der Waals surface area contributed by atoms with Crippen LogP contribution < -0.4 is 5.32 Å². The fourth-order valence-electron chi connectivity index (χ4n) is 3.84. The van der Waals surface area contributed by atoms with Crippen LogP contribution in [0.25, 0.3) is 0 Å². The molecule has 1 aromatic carbocycles. The Hall–Kier alpha value is -1.82. The minimum absolute atomic E-state index is 0.0503. The minimum Gasteiger partial charge on any atom is -0.481 e.